The Hall–Kier alpha value is -3.16. The van der Waals surface area contributed by atoms with Crippen LogP contribution in [0, 0.1) is 5.82 Å². The number of carbonyl (C=O) groups excluding carboxylic acids is 1. The number of hydrogen-bond donors (Lipinski definition) is 0. The Labute approximate surface area is 218 Å². The van der Waals surface area contributed by atoms with Gasteiger partial charge in [0.1, 0.15) is 18.5 Å². The van der Waals surface area contributed by atoms with Crippen molar-refractivity contribution in [1.29, 1.82) is 0 Å². The van der Waals surface area contributed by atoms with E-state index in [1.807, 2.05) is 4.90 Å². The van der Waals surface area contributed by atoms with Gasteiger partial charge in [-0.2, -0.15) is 22.3 Å². The second-order valence-electron chi connectivity index (χ2n) is 8.39. The SMILES string of the molecule is O=C(C(F)F)N1CCO[C@H](COc2nc(-c3ccc(N4CCOCC4)c(F)c3)cc3nccnc23)C1.S. The first-order valence-electron chi connectivity index (χ1n) is 11.6. The van der Waals surface area contributed by atoms with E-state index in [-0.39, 0.29) is 51.5 Å². The number of fused-ring (bicyclic) bond motifs is 1. The van der Waals surface area contributed by atoms with Crippen LogP contribution in [0.25, 0.3) is 22.3 Å². The number of anilines is 1. The summed E-state index contributed by atoms with van der Waals surface area (Å²) < 4.78 is 57.4. The Morgan fingerprint density at radius 3 is 2.65 bits per heavy atom. The van der Waals surface area contributed by atoms with Gasteiger partial charge in [-0.05, 0) is 18.2 Å². The Balaban J connectivity index is 0.00000320. The van der Waals surface area contributed by atoms with Crippen molar-refractivity contribution in [2.75, 3.05) is 57.5 Å². The molecule has 2 fully saturated rings. The van der Waals surface area contributed by atoms with E-state index in [4.69, 9.17) is 14.2 Å². The van der Waals surface area contributed by atoms with E-state index in [0.29, 0.717) is 54.3 Å². The molecule has 1 atom stereocenters. The molecule has 4 heterocycles. The topological polar surface area (TPSA) is 89.9 Å². The predicted octanol–water partition coefficient (Wildman–Crippen LogP) is 2.65. The lowest BCUT2D eigenvalue weighted by atomic mass is 10.1. The Morgan fingerprint density at radius 2 is 1.89 bits per heavy atom. The summed E-state index contributed by atoms with van der Waals surface area (Å²) in [5.41, 5.74) is 2.35. The fraction of sp³-hybridized carbons (Fsp3) is 0.417. The minimum Gasteiger partial charge on any atom is -0.473 e. The van der Waals surface area contributed by atoms with Crippen molar-refractivity contribution < 1.29 is 32.2 Å². The minimum atomic E-state index is -3.07. The van der Waals surface area contributed by atoms with Crippen molar-refractivity contribution in [3.8, 4) is 17.1 Å². The van der Waals surface area contributed by atoms with Crippen LogP contribution in [0.5, 0.6) is 5.88 Å². The number of carbonyl (C=O) groups is 1. The smallest absolute Gasteiger partial charge is 0.315 e. The van der Waals surface area contributed by atoms with Gasteiger partial charge in [-0.15, -0.1) is 0 Å². The van der Waals surface area contributed by atoms with Gasteiger partial charge in [0, 0.05) is 37.6 Å². The van der Waals surface area contributed by atoms with Crippen LogP contribution in [-0.2, 0) is 14.3 Å². The molecule has 1 aromatic carbocycles. The highest BCUT2D eigenvalue weighted by Crippen LogP contribution is 2.30. The van der Waals surface area contributed by atoms with Gasteiger partial charge in [0.15, 0.2) is 5.52 Å². The zero-order valence-electron chi connectivity index (χ0n) is 19.8. The molecule has 0 N–H and O–H groups in total. The molecule has 0 spiro atoms. The summed E-state index contributed by atoms with van der Waals surface area (Å²) in [6, 6.07) is 6.60. The number of hydrogen-bond acceptors (Lipinski definition) is 8. The molecule has 198 valence electrons. The lowest BCUT2D eigenvalue weighted by Crippen LogP contribution is -2.49. The third kappa shape index (κ3) is 6.05. The monoisotopic (exact) mass is 537 g/mol. The Bertz CT molecular complexity index is 1250. The van der Waals surface area contributed by atoms with Crippen molar-refractivity contribution in [2.24, 2.45) is 0 Å². The summed E-state index contributed by atoms with van der Waals surface area (Å²) in [6.07, 6.45) is -0.676. The number of morpholine rings is 2. The second kappa shape index (κ2) is 11.9. The van der Waals surface area contributed by atoms with Gasteiger partial charge >= 0.3 is 6.43 Å². The molecule has 5 rings (SSSR count). The number of alkyl halides is 2. The summed E-state index contributed by atoms with van der Waals surface area (Å²) in [7, 11) is 0. The normalized spacial score (nSPS) is 18.1. The average Bonchev–Trinajstić information content (AvgIpc) is 2.91. The molecule has 13 heteroatoms. The third-order valence-electron chi connectivity index (χ3n) is 6.06. The molecule has 37 heavy (non-hydrogen) atoms. The fourth-order valence-electron chi connectivity index (χ4n) is 4.25. The molecule has 3 aromatic rings. The van der Waals surface area contributed by atoms with Crippen LogP contribution in [0.4, 0.5) is 18.9 Å². The first kappa shape index (κ1) is 26.9. The predicted molar refractivity (Wildman–Crippen MR) is 134 cm³/mol. The molecular formula is C24H26F3N5O4S. The van der Waals surface area contributed by atoms with Gasteiger partial charge in [-0.3, -0.25) is 9.78 Å². The lowest BCUT2D eigenvalue weighted by Gasteiger charge is -2.32. The maximum Gasteiger partial charge on any atom is 0.315 e. The molecule has 2 aliphatic rings. The Morgan fingerprint density at radius 1 is 1.11 bits per heavy atom. The maximum absolute atomic E-state index is 15.0. The van der Waals surface area contributed by atoms with Crippen LogP contribution in [0.2, 0.25) is 0 Å². The first-order valence-corrected chi connectivity index (χ1v) is 11.6. The zero-order valence-corrected chi connectivity index (χ0v) is 20.8. The quantitative estimate of drug-likeness (QED) is 0.474. The summed E-state index contributed by atoms with van der Waals surface area (Å²) in [5.74, 6) is -1.46. The number of nitrogens with zero attached hydrogens (tertiary/aromatic N) is 5. The van der Waals surface area contributed by atoms with Crippen molar-refractivity contribution >= 4 is 36.1 Å². The van der Waals surface area contributed by atoms with Gasteiger partial charge in [-0.25, -0.2) is 14.4 Å². The molecular weight excluding hydrogens is 511 g/mol. The van der Waals surface area contributed by atoms with E-state index < -0.39 is 18.4 Å². The van der Waals surface area contributed by atoms with Gasteiger partial charge in [-0.1, -0.05) is 6.07 Å². The summed E-state index contributed by atoms with van der Waals surface area (Å²) in [6.45, 7) is 2.46. The first-order chi connectivity index (χ1) is 17.5. The molecule has 2 aromatic heterocycles. The third-order valence-corrected chi connectivity index (χ3v) is 6.06. The fourth-order valence-corrected chi connectivity index (χ4v) is 4.25. The van der Waals surface area contributed by atoms with Crippen molar-refractivity contribution in [3.63, 3.8) is 0 Å². The largest absolute Gasteiger partial charge is 0.473 e. The van der Waals surface area contributed by atoms with Crippen molar-refractivity contribution in [2.45, 2.75) is 12.5 Å². The van der Waals surface area contributed by atoms with E-state index in [1.54, 1.807) is 18.2 Å². The average molecular weight is 538 g/mol. The summed E-state index contributed by atoms with van der Waals surface area (Å²) in [5, 5.41) is 0. The summed E-state index contributed by atoms with van der Waals surface area (Å²) >= 11 is 0. The molecule has 2 saturated heterocycles. The van der Waals surface area contributed by atoms with E-state index in [2.05, 4.69) is 15.0 Å². The minimum absolute atomic E-state index is 0. The van der Waals surface area contributed by atoms with Crippen LogP contribution < -0.4 is 9.64 Å². The van der Waals surface area contributed by atoms with Crippen LogP contribution >= 0.6 is 13.5 Å². The zero-order chi connectivity index (χ0) is 25.1. The van der Waals surface area contributed by atoms with Gasteiger partial charge in [0.2, 0.25) is 5.88 Å². The molecule has 0 bridgehead atoms. The Kier molecular flexibility index (Phi) is 8.67. The van der Waals surface area contributed by atoms with Crippen molar-refractivity contribution in [3.05, 3.63) is 42.5 Å². The number of pyridine rings is 1. The lowest BCUT2D eigenvalue weighted by molar-refractivity contribution is -0.151. The number of benzene rings is 1. The molecule has 0 unspecified atom stereocenters. The van der Waals surface area contributed by atoms with Crippen LogP contribution in [0.1, 0.15) is 0 Å². The standard InChI is InChI=1S/C24H24F3N5O4.H2S/c25-17-11-15(1-2-20(17)31-5-8-34-9-6-31)18-12-19-21(29-4-3-28-19)23(30-18)36-14-16-13-32(7-10-35-16)24(33)22(26)27;/h1-4,11-12,16,22H,5-10,13-14H2;1H2/t16-;/m0./s1. The van der Waals surface area contributed by atoms with Gasteiger partial charge < -0.3 is 24.0 Å². The highest BCUT2D eigenvalue weighted by Gasteiger charge is 2.30. The highest BCUT2D eigenvalue weighted by atomic mass is 32.1. The number of rotatable bonds is 6. The molecule has 0 saturated carbocycles. The van der Waals surface area contributed by atoms with Gasteiger partial charge in [0.05, 0.1) is 43.3 Å². The molecule has 9 nitrogen and oxygen atoms in total. The maximum atomic E-state index is 15.0. The van der Waals surface area contributed by atoms with Crippen LogP contribution in [0.3, 0.4) is 0 Å². The van der Waals surface area contributed by atoms with Crippen LogP contribution in [-0.4, -0.2) is 90.9 Å². The molecule has 0 aliphatic carbocycles. The number of amides is 1. The number of aromatic nitrogens is 3. The van der Waals surface area contributed by atoms with Crippen LogP contribution in [0.15, 0.2) is 36.7 Å². The van der Waals surface area contributed by atoms with Gasteiger partial charge in [0.25, 0.3) is 5.91 Å². The molecule has 1 amide bonds. The molecule has 2 aliphatic heterocycles. The number of halogens is 3. The highest BCUT2D eigenvalue weighted by molar-refractivity contribution is 7.59. The van der Waals surface area contributed by atoms with E-state index >= 15 is 4.39 Å². The second-order valence-corrected chi connectivity index (χ2v) is 8.39. The van der Waals surface area contributed by atoms with E-state index in [0.717, 1.165) is 4.90 Å². The number of ether oxygens (including phenoxy) is 3. The molecule has 0 radical (unpaired) electrons. The van der Waals surface area contributed by atoms with E-state index in [9.17, 15) is 13.6 Å². The summed E-state index contributed by atoms with van der Waals surface area (Å²) in [4.78, 5) is 27.8. The van der Waals surface area contributed by atoms with Crippen molar-refractivity contribution in [1.82, 2.24) is 19.9 Å². The van der Waals surface area contributed by atoms with E-state index in [1.165, 1.54) is 18.5 Å².